The lowest BCUT2D eigenvalue weighted by atomic mass is 10.1. The van der Waals surface area contributed by atoms with E-state index < -0.39 is 11.9 Å². The summed E-state index contributed by atoms with van der Waals surface area (Å²) in [5.74, 6) is -0.612. The highest BCUT2D eigenvalue weighted by atomic mass is 19.1. The minimum atomic E-state index is -0.770. The van der Waals surface area contributed by atoms with Crippen molar-refractivity contribution in [3.63, 3.8) is 0 Å². The minimum Gasteiger partial charge on any atom is -0.481 e. The number of halogens is 1. The Kier molecular flexibility index (Phi) is 6.51. The molecule has 0 bridgehead atoms. The van der Waals surface area contributed by atoms with Crippen LogP contribution in [-0.2, 0) is 11.3 Å². The van der Waals surface area contributed by atoms with Gasteiger partial charge in [-0.2, -0.15) is 0 Å². The molecule has 5 nitrogen and oxygen atoms in total. The number of benzene rings is 2. The zero-order chi connectivity index (χ0) is 18.2. The van der Waals surface area contributed by atoms with Gasteiger partial charge in [0.25, 0.3) is 11.8 Å². The van der Waals surface area contributed by atoms with Crippen LogP contribution in [0, 0.1) is 5.82 Å². The Labute approximate surface area is 146 Å². The average Bonchev–Trinajstić information content (AvgIpc) is 2.60. The molecule has 0 spiro atoms. The maximum Gasteiger partial charge on any atom is 0.261 e. The van der Waals surface area contributed by atoms with Gasteiger partial charge < -0.3 is 15.4 Å². The van der Waals surface area contributed by atoms with Crippen molar-refractivity contribution in [1.82, 2.24) is 10.6 Å². The van der Waals surface area contributed by atoms with Gasteiger partial charge in [-0.3, -0.25) is 9.59 Å². The highest BCUT2D eigenvalue weighted by Gasteiger charge is 2.15. The van der Waals surface area contributed by atoms with Gasteiger partial charge in [0.1, 0.15) is 11.6 Å². The molecule has 2 aromatic carbocycles. The molecular weight excluding hydrogens is 323 g/mol. The van der Waals surface area contributed by atoms with Crippen LogP contribution in [0.1, 0.15) is 29.8 Å². The predicted molar refractivity (Wildman–Crippen MR) is 92.8 cm³/mol. The summed E-state index contributed by atoms with van der Waals surface area (Å²) < 4.78 is 18.6. The molecule has 0 radical (unpaired) electrons. The zero-order valence-corrected chi connectivity index (χ0v) is 14.2. The van der Waals surface area contributed by atoms with Crippen LogP contribution < -0.4 is 15.4 Å². The van der Waals surface area contributed by atoms with Crippen LogP contribution in [0.25, 0.3) is 0 Å². The molecule has 6 heteroatoms. The highest BCUT2D eigenvalue weighted by molar-refractivity contribution is 5.94. The number of hydrogen-bond donors (Lipinski definition) is 2. The molecule has 25 heavy (non-hydrogen) atoms. The SMILES string of the molecule is CCNC(=O)c1cccc(CNC(=O)C(C)Oc2cccc(F)c2)c1. The van der Waals surface area contributed by atoms with Gasteiger partial charge in [0.05, 0.1) is 0 Å². The number of amides is 2. The van der Waals surface area contributed by atoms with E-state index in [9.17, 15) is 14.0 Å². The number of carbonyl (C=O) groups excluding carboxylic acids is 2. The molecule has 0 fully saturated rings. The van der Waals surface area contributed by atoms with Crippen LogP contribution in [0.15, 0.2) is 48.5 Å². The van der Waals surface area contributed by atoms with Crippen LogP contribution in [0.3, 0.4) is 0 Å². The van der Waals surface area contributed by atoms with Crippen molar-refractivity contribution in [2.24, 2.45) is 0 Å². The van der Waals surface area contributed by atoms with Crippen LogP contribution >= 0.6 is 0 Å². The number of rotatable bonds is 7. The quantitative estimate of drug-likeness (QED) is 0.811. The smallest absolute Gasteiger partial charge is 0.261 e. The summed E-state index contributed by atoms with van der Waals surface area (Å²) in [5.41, 5.74) is 1.34. The van der Waals surface area contributed by atoms with E-state index in [2.05, 4.69) is 10.6 Å². The lowest BCUT2D eigenvalue weighted by Gasteiger charge is -2.15. The molecule has 2 N–H and O–H groups in total. The van der Waals surface area contributed by atoms with E-state index in [0.29, 0.717) is 17.9 Å². The molecule has 0 saturated carbocycles. The fourth-order valence-corrected chi connectivity index (χ4v) is 2.22. The second kappa shape index (κ2) is 8.82. The fraction of sp³-hybridized carbons (Fsp3) is 0.263. The van der Waals surface area contributed by atoms with Gasteiger partial charge in [-0.05, 0) is 43.7 Å². The number of nitrogens with one attached hydrogen (secondary N) is 2. The van der Waals surface area contributed by atoms with Crippen molar-refractivity contribution in [2.45, 2.75) is 26.5 Å². The van der Waals surface area contributed by atoms with Gasteiger partial charge >= 0.3 is 0 Å². The Morgan fingerprint density at radius 3 is 2.60 bits per heavy atom. The molecule has 1 atom stereocenters. The van der Waals surface area contributed by atoms with Crippen LogP contribution in [-0.4, -0.2) is 24.5 Å². The summed E-state index contributed by atoms with van der Waals surface area (Å²) in [7, 11) is 0. The van der Waals surface area contributed by atoms with E-state index >= 15 is 0 Å². The molecule has 0 aliphatic heterocycles. The number of carbonyl (C=O) groups is 2. The van der Waals surface area contributed by atoms with Crippen molar-refractivity contribution >= 4 is 11.8 Å². The van der Waals surface area contributed by atoms with E-state index in [1.165, 1.54) is 18.2 Å². The highest BCUT2D eigenvalue weighted by Crippen LogP contribution is 2.14. The van der Waals surface area contributed by atoms with Gasteiger partial charge in [0.15, 0.2) is 6.10 Å². The first kappa shape index (κ1) is 18.4. The molecule has 0 aromatic heterocycles. The topological polar surface area (TPSA) is 67.4 Å². The van der Waals surface area contributed by atoms with Crippen molar-refractivity contribution in [3.05, 3.63) is 65.5 Å². The monoisotopic (exact) mass is 344 g/mol. The van der Waals surface area contributed by atoms with Gasteiger partial charge in [-0.15, -0.1) is 0 Å². The molecule has 0 heterocycles. The Bertz CT molecular complexity index is 749. The van der Waals surface area contributed by atoms with Gasteiger partial charge in [0.2, 0.25) is 0 Å². The third-order valence-corrected chi connectivity index (χ3v) is 3.47. The molecule has 1 unspecified atom stereocenters. The van der Waals surface area contributed by atoms with E-state index in [-0.39, 0.29) is 18.4 Å². The second-order valence-corrected chi connectivity index (χ2v) is 5.50. The third-order valence-electron chi connectivity index (χ3n) is 3.47. The van der Waals surface area contributed by atoms with E-state index in [1.807, 2.05) is 13.0 Å². The lowest BCUT2D eigenvalue weighted by Crippen LogP contribution is -2.36. The van der Waals surface area contributed by atoms with E-state index in [1.54, 1.807) is 31.2 Å². The minimum absolute atomic E-state index is 0.154. The second-order valence-electron chi connectivity index (χ2n) is 5.50. The molecule has 0 aliphatic rings. The maximum absolute atomic E-state index is 13.1. The van der Waals surface area contributed by atoms with Gasteiger partial charge in [0, 0.05) is 24.7 Å². The summed E-state index contributed by atoms with van der Waals surface area (Å²) in [6.07, 6.45) is -0.770. The lowest BCUT2D eigenvalue weighted by molar-refractivity contribution is -0.127. The van der Waals surface area contributed by atoms with Gasteiger partial charge in [-0.25, -0.2) is 4.39 Å². The van der Waals surface area contributed by atoms with Crippen molar-refractivity contribution < 1.29 is 18.7 Å². The van der Waals surface area contributed by atoms with E-state index in [0.717, 1.165) is 5.56 Å². The first-order valence-corrected chi connectivity index (χ1v) is 8.06. The average molecular weight is 344 g/mol. The molecule has 2 aromatic rings. The number of ether oxygens (including phenoxy) is 1. The molecule has 2 rings (SSSR count). The van der Waals surface area contributed by atoms with Crippen LogP contribution in [0.4, 0.5) is 4.39 Å². The zero-order valence-electron chi connectivity index (χ0n) is 14.2. The Morgan fingerprint density at radius 1 is 1.12 bits per heavy atom. The summed E-state index contributed by atoms with van der Waals surface area (Å²) in [5, 5.41) is 5.47. The fourth-order valence-electron chi connectivity index (χ4n) is 2.22. The van der Waals surface area contributed by atoms with Crippen molar-refractivity contribution in [2.75, 3.05) is 6.54 Å². The first-order chi connectivity index (χ1) is 12.0. The number of hydrogen-bond acceptors (Lipinski definition) is 3. The summed E-state index contributed by atoms with van der Waals surface area (Å²) in [4.78, 5) is 23.9. The van der Waals surface area contributed by atoms with Crippen LogP contribution in [0.5, 0.6) is 5.75 Å². The standard InChI is InChI=1S/C19H21FN2O3/c1-3-21-19(24)15-7-4-6-14(10-15)12-22-18(23)13(2)25-17-9-5-8-16(20)11-17/h4-11,13H,3,12H2,1-2H3,(H,21,24)(H,22,23). The largest absolute Gasteiger partial charge is 0.481 e. The summed E-state index contributed by atoms with van der Waals surface area (Å²) in [6, 6.07) is 12.7. The molecule has 2 amide bonds. The normalized spacial score (nSPS) is 11.5. The van der Waals surface area contributed by atoms with Gasteiger partial charge in [-0.1, -0.05) is 18.2 Å². The molecular formula is C19H21FN2O3. The third kappa shape index (κ3) is 5.60. The molecule has 0 saturated heterocycles. The molecule has 0 aliphatic carbocycles. The van der Waals surface area contributed by atoms with Crippen molar-refractivity contribution in [1.29, 1.82) is 0 Å². The van der Waals surface area contributed by atoms with E-state index in [4.69, 9.17) is 4.74 Å². The Hall–Kier alpha value is -2.89. The summed E-state index contributed by atoms with van der Waals surface area (Å²) in [6.45, 7) is 4.25. The van der Waals surface area contributed by atoms with Crippen LogP contribution in [0.2, 0.25) is 0 Å². The first-order valence-electron chi connectivity index (χ1n) is 8.06. The molecule has 132 valence electrons. The Balaban J connectivity index is 1.91. The summed E-state index contributed by atoms with van der Waals surface area (Å²) >= 11 is 0. The Morgan fingerprint density at radius 2 is 1.88 bits per heavy atom. The maximum atomic E-state index is 13.1. The van der Waals surface area contributed by atoms with Crippen molar-refractivity contribution in [3.8, 4) is 5.75 Å². The predicted octanol–water partition coefficient (Wildman–Crippen LogP) is 2.66.